The van der Waals surface area contributed by atoms with Crippen LogP contribution in [0.1, 0.15) is 23.6 Å². The number of hydrogen-bond donors (Lipinski definition) is 1. The van der Waals surface area contributed by atoms with Gasteiger partial charge in [0.25, 0.3) is 6.43 Å². The van der Waals surface area contributed by atoms with Gasteiger partial charge in [0.2, 0.25) is 0 Å². The quantitative estimate of drug-likeness (QED) is 0.899. The van der Waals surface area contributed by atoms with Crippen molar-refractivity contribution in [2.24, 2.45) is 10.7 Å². The lowest BCUT2D eigenvalue weighted by atomic mass is 10.0. The van der Waals surface area contributed by atoms with E-state index in [1.807, 2.05) is 0 Å². The van der Waals surface area contributed by atoms with Crippen LogP contribution in [0, 0.1) is 0 Å². The highest BCUT2D eigenvalue weighted by atomic mass is 19.3. The van der Waals surface area contributed by atoms with Gasteiger partial charge >= 0.3 is 6.03 Å². The van der Waals surface area contributed by atoms with E-state index in [0.29, 0.717) is 18.7 Å². The van der Waals surface area contributed by atoms with E-state index in [9.17, 15) is 13.6 Å². The van der Waals surface area contributed by atoms with Crippen LogP contribution in [0.2, 0.25) is 0 Å². The molecule has 1 aromatic carbocycles. The van der Waals surface area contributed by atoms with E-state index >= 15 is 0 Å². The lowest BCUT2D eigenvalue weighted by Gasteiger charge is -2.24. The number of urea groups is 1. The first-order chi connectivity index (χ1) is 9.54. The molecular formula is C13H15F2N3O2. The summed E-state index contributed by atoms with van der Waals surface area (Å²) >= 11 is 0. The van der Waals surface area contributed by atoms with E-state index in [2.05, 4.69) is 4.99 Å². The van der Waals surface area contributed by atoms with Crippen LogP contribution in [-0.4, -0.2) is 37.0 Å². The number of halogens is 2. The zero-order chi connectivity index (χ0) is 14.7. The van der Waals surface area contributed by atoms with E-state index in [0.717, 1.165) is 0 Å². The van der Waals surface area contributed by atoms with Crippen LogP contribution in [0.5, 0.6) is 0 Å². The van der Waals surface area contributed by atoms with Crippen molar-refractivity contribution in [1.29, 1.82) is 0 Å². The molecule has 108 valence electrons. The first-order valence-electron chi connectivity index (χ1n) is 6.06. The molecule has 2 amide bonds. The van der Waals surface area contributed by atoms with Crippen molar-refractivity contribution >= 4 is 11.9 Å². The molecule has 0 aliphatic carbocycles. The van der Waals surface area contributed by atoms with Crippen LogP contribution in [0.3, 0.4) is 0 Å². The molecule has 1 aliphatic rings. The Bertz CT molecular complexity index is 534. The molecule has 0 bridgehead atoms. The number of carbonyl (C=O) groups is 1. The highest BCUT2D eigenvalue weighted by Gasteiger charge is 2.34. The van der Waals surface area contributed by atoms with Gasteiger partial charge in [0, 0.05) is 19.2 Å². The summed E-state index contributed by atoms with van der Waals surface area (Å²) < 4.78 is 30.4. The summed E-state index contributed by atoms with van der Waals surface area (Å²) in [6, 6.07) is 4.75. The van der Waals surface area contributed by atoms with Crippen molar-refractivity contribution < 1.29 is 18.3 Å². The fourth-order valence-electron chi connectivity index (χ4n) is 2.14. The molecule has 0 radical (unpaired) electrons. The molecule has 1 heterocycles. The highest BCUT2D eigenvalue weighted by Crippen LogP contribution is 2.29. The van der Waals surface area contributed by atoms with Crippen LogP contribution in [-0.2, 0) is 4.74 Å². The van der Waals surface area contributed by atoms with Crippen LogP contribution in [0.25, 0.3) is 0 Å². The average molecular weight is 283 g/mol. The molecule has 1 aliphatic heterocycles. The van der Waals surface area contributed by atoms with Gasteiger partial charge in [-0.2, -0.15) is 4.99 Å². The molecule has 2 N–H and O–H groups in total. The number of carbonyl (C=O) groups excluding carboxylic acids is 1. The average Bonchev–Trinajstić information content (AvgIpc) is 2.70. The molecule has 1 atom stereocenters. The Labute approximate surface area is 115 Å². The number of aliphatic imine (C=N–C) groups is 1. The molecule has 0 saturated heterocycles. The molecule has 1 aromatic rings. The van der Waals surface area contributed by atoms with Gasteiger partial charge in [-0.15, -0.1) is 0 Å². The van der Waals surface area contributed by atoms with E-state index < -0.39 is 18.5 Å². The Morgan fingerprint density at radius 2 is 2.25 bits per heavy atom. The third-order valence-corrected chi connectivity index (χ3v) is 3.08. The molecule has 0 aromatic heterocycles. The Morgan fingerprint density at radius 3 is 2.90 bits per heavy atom. The molecule has 20 heavy (non-hydrogen) atoms. The van der Waals surface area contributed by atoms with E-state index in [1.165, 1.54) is 30.2 Å². The Morgan fingerprint density at radius 1 is 1.50 bits per heavy atom. The number of amidine groups is 1. The Kier molecular flexibility index (Phi) is 4.29. The summed E-state index contributed by atoms with van der Waals surface area (Å²) in [6.07, 6.45) is -2.57. The second-order valence-corrected chi connectivity index (χ2v) is 4.38. The standard InChI is InChI=1S/C13H15F2N3O2/c1-20-6-5-18-10(12(16)17-13(18)19)8-3-2-4-9(7-8)11(14)15/h2-4,7,10-11H,5-6H2,1H3,(H2,16,17,19). The minimum atomic E-state index is -2.57. The normalized spacial score (nSPS) is 18.8. The summed E-state index contributed by atoms with van der Waals surface area (Å²) in [5.41, 5.74) is 6.16. The minimum absolute atomic E-state index is 0.109. The second kappa shape index (κ2) is 5.96. The van der Waals surface area contributed by atoms with Crippen LogP contribution >= 0.6 is 0 Å². The number of rotatable bonds is 5. The third kappa shape index (κ3) is 2.77. The van der Waals surface area contributed by atoms with Gasteiger partial charge in [0.05, 0.1) is 6.61 Å². The molecular weight excluding hydrogens is 268 g/mol. The van der Waals surface area contributed by atoms with Gasteiger partial charge in [-0.05, 0) is 11.6 Å². The number of methoxy groups -OCH3 is 1. The molecule has 0 spiro atoms. The highest BCUT2D eigenvalue weighted by molar-refractivity contribution is 6.03. The molecule has 5 nitrogen and oxygen atoms in total. The predicted octanol–water partition coefficient (Wildman–Crippen LogP) is 2.10. The van der Waals surface area contributed by atoms with E-state index in [1.54, 1.807) is 6.07 Å². The smallest absolute Gasteiger partial charge is 0.346 e. The zero-order valence-corrected chi connectivity index (χ0v) is 10.9. The number of alkyl halides is 2. The maximum absolute atomic E-state index is 12.7. The molecule has 0 fully saturated rings. The van der Waals surface area contributed by atoms with Crippen LogP contribution in [0.4, 0.5) is 13.6 Å². The van der Waals surface area contributed by atoms with Crippen LogP contribution in [0.15, 0.2) is 29.3 Å². The van der Waals surface area contributed by atoms with E-state index in [-0.39, 0.29) is 11.4 Å². The minimum Gasteiger partial charge on any atom is -0.385 e. The lowest BCUT2D eigenvalue weighted by Crippen LogP contribution is -2.35. The van der Waals surface area contributed by atoms with Crippen molar-refractivity contribution in [2.45, 2.75) is 12.5 Å². The van der Waals surface area contributed by atoms with Crippen molar-refractivity contribution in [2.75, 3.05) is 20.3 Å². The number of hydrogen-bond acceptors (Lipinski definition) is 3. The van der Waals surface area contributed by atoms with Crippen molar-refractivity contribution in [3.63, 3.8) is 0 Å². The summed E-state index contributed by atoms with van der Waals surface area (Å²) in [4.78, 5) is 16.8. The van der Waals surface area contributed by atoms with Crippen molar-refractivity contribution in [1.82, 2.24) is 4.90 Å². The first-order valence-corrected chi connectivity index (χ1v) is 6.06. The predicted molar refractivity (Wildman–Crippen MR) is 69.7 cm³/mol. The summed E-state index contributed by atoms with van der Waals surface area (Å²) in [5, 5.41) is 0. The van der Waals surface area contributed by atoms with Gasteiger partial charge < -0.3 is 15.4 Å². The number of benzene rings is 1. The molecule has 7 heteroatoms. The first kappa shape index (κ1) is 14.4. The van der Waals surface area contributed by atoms with Gasteiger partial charge in [-0.1, -0.05) is 18.2 Å². The van der Waals surface area contributed by atoms with Gasteiger partial charge in [0.1, 0.15) is 11.9 Å². The van der Waals surface area contributed by atoms with Gasteiger partial charge in [-0.3, -0.25) is 0 Å². The second-order valence-electron chi connectivity index (χ2n) is 4.38. The molecule has 1 unspecified atom stereocenters. The lowest BCUT2D eigenvalue weighted by molar-refractivity contribution is 0.148. The number of nitrogens with zero attached hydrogens (tertiary/aromatic N) is 2. The van der Waals surface area contributed by atoms with Crippen LogP contribution < -0.4 is 5.73 Å². The van der Waals surface area contributed by atoms with Gasteiger partial charge in [0.15, 0.2) is 0 Å². The molecule has 0 saturated carbocycles. The Balaban J connectivity index is 2.30. The largest absolute Gasteiger partial charge is 0.385 e. The van der Waals surface area contributed by atoms with Gasteiger partial charge in [-0.25, -0.2) is 13.6 Å². The third-order valence-electron chi connectivity index (χ3n) is 3.08. The summed E-state index contributed by atoms with van der Waals surface area (Å²) in [7, 11) is 1.51. The van der Waals surface area contributed by atoms with Crippen molar-refractivity contribution in [3.05, 3.63) is 35.4 Å². The maximum Gasteiger partial charge on any atom is 0.346 e. The topological polar surface area (TPSA) is 67.9 Å². The Hall–Kier alpha value is -2.02. The van der Waals surface area contributed by atoms with E-state index in [4.69, 9.17) is 10.5 Å². The fourth-order valence-corrected chi connectivity index (χ4v) is 2.14. The number of nitrogens with two attached hydrogens (primary N) is 1. The SMILES string of the molecule is COCCN1C(=O)N=C(N)C1c1cccc(C(F)F)c1. The number of amides is 2. The molecule has 2 rings (SSSR count). The number of ether oxygens (including phenoxy) is 1. The fraction of sp³-hybridized carbons (Fsp3) is 0.385. The zero-order valence-electron chi connectivity index (χ0n) is 10.9. The van der Waals surface area contributed by atoms with Crippen molar-refractivity contribution in [3.8, 4) is 0 Å². The summed E-state index contributed by atoms with van der Waals surface area (Å²) in [6.45, 7) is 0.614. The monoisotopic (exact) mass is 283 g/mol. The summed E-state index contributed by atoms with van der Waals surface area (Å²) in [5.74, 6) is 0.109. The maximum atomic E-state index is 12.7.